The van der Waals surface area contributed by atoms with Crippen molar-refractivity contribution in [1.82, 2.24) is 0 Å². The van der Waals surface area contributed by atoms with Gasteiger partial charge in [-0.25, -0.2) is 18.0 Å². The van der Waals surface area contributed by atoms with Crippen LogP contribution in [0.4, 0.5) is 30.2 Å². The van der Waals surface area contributed by atoms with Crippen molar-refractivity contribution in [3.8, 4) is 0 Å². The van der Waals surface area contributed by atoms with Gasteiger partial charge in [0.1, 0.15) is 11.5 Å². The summed E-state index contributed by atoms with van der Waals surface area (Å²) in [5.74, 6) is -4.77. The zero-order valence-corrected chi connectivity index (χ0v) is 13.7. The van der Waals surface area contributed by atoms with Crippen molar-refractivity contribution < 1.29 is 27.6 Å². The molecule has 0 amide bonds. The molecule has 26 heavy (non-hydrogen) atoms. The average molecular weight is 366 g/mol. The standard InChI is InChI=1S/C17H13F3N2O4/c1-8(2)14-10(17(23)26-3)4-5-12(16(14)22(24)25)21-13-7-9(18)6-11(19)15(13)20/h4-7,21H,1H2,2-3H3. The molecule has 0 saturated heterocycles. The quantitative estimate of drug-likeness (QED) is 0.363. The maximum absolute atomic E-state index is 13.9. The van der Waals surface area contributed by atoms with Gasteiger partial charge in [0.25, 0.3) is 0 Å². The number of nitro groups is 1. The second kappa shape index (κ2) is 7.26. The molecule has 0 bridgehead atoms. The molecule has 0 aliphatic carbocycles. The summed E-state index contributed by atoms with van der Waals surface area (Å²) in [6.45, 7) is 5.04. The number of esters is 1. The fourth-order valence-electron chi connectivity index (χ4n) is 2.39. The van der Waals surface area contributed by atoms with E-state index in [1.165, 1.54) is 13.0 Å². The smallest absolute Gasteiger partial charge is 0.338 e. The first kappa shape index (κ1) is 19.0. The first-order valence-corrected chi connectivity index (χ1v) is 7.14. The van der Waals surface area contributed by atoms with E-state index in [-0.39, 0.29) is 22.4 Å². The molecule has 2 aromatic rings. The van der Waals surface area contributed by atoms with Gasteiger partial charge in [-0.2, -0.15) is 0 Å². The topological polar surface area (TPSA) is 81.5 Å². The van der Waals surface area contributed by atoms with Crippen molar-refractivity contribution in [2.45, 2.75) is 6.92 Å². The van der Waals surface area contributed by atoms with E-state index in [9.17, 15) is 28.1 Å². The first-order valence-electron chi connectivity index (χ1n) is 7.14. The zero-order chi connectivity index (χ0) is 19.6. The number of halogens is 3. The molecule has 2 rings (SSSR count). The lowest BCUT2D eigenvalue weighted by molar-refractivity contribution is -0.384. The Kier molecular flexibility index (Phi) is 5.30. The number of nitrogens with one attached hydrogen (secondary N) is 1. The van der Waals surface area contributed by atoms with E-state index in [1.807, 2.05) is 0 Å². The van der Waals surface area contributed by atoms with Crippen molar-refractivity contribution in [3.05, 3.63) is 69.5 Å². The molecule has 0 aliphatic heterocycles. The number of nitro benzene ring substituents is 1. The molecule has 0 aromatic heterocycles. The molecule has 136 valence electrons. The second-order valence-corrected chi connectivity index (χ2v) is 5.29. The molecule has 0 unspecified atom stereocenters. The number of rotatable bonds is 5. The fourth-order valence-corrected chi connectivity index (χ4v) is 2.39. The van der Waals surface area contributed by atoms with Crippen molar-refractivity contribution in [2.75, 3.05) is 12.4 Å². The number of allylic oxidation sites excluding steroid dienone is 1. The fraction of sp³-hybridized carbons (Fsp3) is 0.118. The Morgan fingerprint density at radius 1 is 1.23 bits per heavy atom. The molecule has 0 radical (unpaired) electrons. The van der Waals surface area contributed by atoms with Crippen molar-refractivity contribution in [1.29, 1.82) is 0 Å². The Balaban J connectivity index is 2.71. The molecule has 0 fully saturated rings. The van der Waals surface area contributed by atoms with Crippen LogP contribution in [0, 0.1) is 27.6 Å². The van der Waals surface area contributed by atoms with Gasteiger partial charge in [-0.1, -0.05) is 6.58 Å². The van der Waals surface area contributed by atoms with E-state index in [2.05, 4.69) is 16.6 Å². The SMILES string of the molecule is C=C(C)c1c(C(=O)OC)ccc(Nc2cc(F)cc(F)c2F)c1[N+](=O)[O-]. The van der Waals surface area contributed by atoms with E-state index in [0.717, 1.165) is 13.2 Å². The van der Waals surface area contributed by atoms with Gasteiger partial charge in [-0.3, -0.25) is 10.1 Å². The summed E-state index contributed by atoms with van der Waals surface area (Å²) in [5.41, 5.74) is -1.60. The highest BCUT2D eigenvalue weighted by Gasteiger charge is 2.28. The van der Waals surface area contributed by atoms with Crippen LogP contribution < -0.4 is 5.32 Å². The molecular weight excluding hydrogens is 353 g/mol. The number of ether oxygens (including phenoxy) is 1. The van der Waals surface area contributed by atoms with Gasteiger partial charge < -0.3 is 10.1 Å². The lowest BCUT2D eigenvalue weighted by Crippen LogP contribution is -2.10. The molecule has 0 saturated carbocycles. The zero-order valence-electron chi connectivity index (χ0n) is 13.7. The predicted octanol–water partition coefficient (Wildman–Crippen LogP) is 4.58. The highest BCUT2D eigenvalue weighted by atomic mass is 19.2. The summed E-state index contributed by atoms with van der Waals surface area (Å²) >= 11 is 0. The van der Waals surface area contributed by atoms with Gasteiger partial charge in [0.15, 0.2) is 11.6 Å². The largest absolute Gasteiger partial charge is 0.465 e. The lowest BCUT2D eigenvalue weighted by atomic mass is 9.98. The second-order valence-electron chi connectivity index (χ2n) is 5.29. The minimum atomic E-state index is -1.46. The minimum absolute atomic E-state index is 0.122. The van der Waals surface area contributed by atoms with E-state index in [0.29, 0.717) is 12.1 Å². The normalized spacial score (nSPS) is 10.3. The van der Waals surface area contributed by atoms with Crippen LogP contribution in [0.5, 0.6) is 0 Å². The molecule has 0 spiro atoms. The summed E-state index contributed by atoms with van der Waals surface area (Å²) < 4.78 is 45.1. The van der Waals surface area contributed by atoms with Gasteiger partial charge in [-0.15, -0.1) is 0 Å². The lowest BCUT2D eigenvalue weighted by Gasteiger charge is -2.14. The minimum Gasteiger partial charge on any atom is -0.465 e. The highest BCUT2D eigenvalue weighted by molar-refractivity contribution is 5.99. The van der Waals surface area contributed by atoms with Crippen LogP contribution in [-0.4, -0.2) is 18.0 Å². The molecule has 2 aromatic carbocycles. The third-order valence-corrected chi connectivity index (χ3v) is 3.45. The molecular formula is C17H13F3N2O4. The van der Waals surface area contributed by atoms with Crippen LogP contribution >= 0.6 is 0 Å². The number of hydrogen-bond donors (Lipinski definition) is 1. The number of benzene rings is 2. The summed E-state index contributed by atoms with van der Waals surface area (Å²) in [7, 11) is 1.10. The van der Waals surface area contributed by atoms with Gasteiger partial charge >= 0.3 is 11.7 Å². The summed E-state index contributed by atoms with van der Waals surface area (Å²) in [4.78, 5) is 22.6. The Bertz CT molecular complexity index is 929. The number of nitrogens with zero attached hydrogens (tertiary/aromatic N) is 1. The molecule has 0 aliphatic rings. The van der Waals surface area contributed by atoms with E-state index >= 15 is 0 Å². The molecule has 0 atom stereocenters. The van der Waals surface area contributed by atoms with Crippen molar-refractivity contribution >= 4 is 28.6 Å². The Morgan fingerprint density at radius 2 is 1.88 bits per heavy atom. The van der Waals surface area contributed by atoms with Gasteiger partial charge in [0, 0.05) is 12.1 Å². The molecule has 6 nitrogen and oxygen atoms in total. The maximum Gasteiger partial charge on any atom is 0.338 e. The van der Waals surface area contributed by atoms with E-state index in [1.54, 1.807) is 0 Å². The van der Waals surface area contributed by atoms with Crippen LogP contribution in [0.2, 0.25) is 0 Å². The predicted molar refractivity (Wildman–Crippen MR) is 88.7 cm³/mol. The number of carbonyl (C=O) groups excluding carboxylic acids is 1. The van der Waals surface area contributed by atoms with Crippen LogP contribution in [0.3, 0.4) is 0 Å². The molecule has 9 heteroatoms. The Hall–Kier alpha value is -3.36. The van der Waals surface area contributed by atoms with Crippen LogP contribution in [0.1, 0.15) is 22.8 Å². The third kappa shape index (κ3) is 3.51. The average Bonchev–Trinajstić information content (AvgIpc) is 2.57. The third-order valence-electron chi connectivity index (χ3n) is 3.45. The van der Waals surface area contributed by atoms with Gasteiger partial charge in [0.05, 0.1) is 28.8 Å². The van der Waals surface area contributed by atoms with E-state index in [4.69, 9.17) is 0 Å². The number of methoxy groups -OCH3 is 1. The van der Waals surface area contributed by atoms with Crippen LogP contribution in [0.15, 0.2) is 30.8 Å². The summed E-state index contributed by atoms with van der Waals surface area (Å²) in [6, 6.07) is 3.31. The Morgan fingerprint density at radius 3 is 2.42 bits per heavy atom. The van der Waals surface area contributed by atoms with Gasteiger partial charge in [-0.05, 0) is 24.6 Å². The molecule has 1 N–H and O–H groups in total. The van der Waals surface area contributed by atoms with Crippen LogP contribution in [-0.2, 0) is 4.74 Å². The van der Waals surface area contributed by atoms with Gasteiger partial charge in [0.2, 0.25) is 0 Å². The number of carbonyl (C=O) groups is 1. The monoisotopic (exact) mass is 366 g/mol. The number of anilines is 2. The first-order chi connectivity index (χ1) is 12.2. The van der Waals surface area contributed by atoms with Crippen molar-refractivity contribution in [2.24, 2.45) is 0 Å². The highest BCUT2D eigenvalue weighted by Crippen LogP contribution is 2.38. The van der Waals surface area contributed by atoms with E-state index < -0.39 is 39.7 Å². The van der Waals surface area contributed by atoms with Crippen molar-refractivity contribution in [3.63, 3.8) is 0 Å². The van der Waals surface area contributed by atoms with Crippen LogP contribution in [0.25, 0.3) is 5.57 Å². The number of hydrogen-bond acceptors (Lipinski definition) is 5. The maximum atomic E-state index is 13.9. The molecule has 0 heterocycles. The summed E-state index contributed by atoms with van der Waals surface area (Å²) in [5, 5.41) is 13.8. The Labute approximate surface area is 146 Å². The summed E-state index contributed by atoms with van der Waals surface area (Å²) in [6.07, 6.45) is 0.